The van der Waals surface area contributed by atoms with Gasteiger partial charge in [0.05, 0.1) is 17.7 Å². The summed E-state index contributed by atoms with van der Waals surface area (Å²) in [7, 11) is 0. The molecule has 0 bridgehead atoms. The molecule has 0 saturated carbocycles. The van der Waals surface area contributed by atoms with E-state index in [-0.39, 0.29) is 0 Å². The van der Waals surface area contributed by atoms with Gasteiger partial charge in [-0.3, -0.25) is 0 Å². The quantitative estimate of drug-likeness (QED) is 0.438. The summed E-state index contributed by atoms with van der Waals surface area (Å²) in [6.07, 6.45) is 6.73. The molecule has 5 heteroatoms. The Kier molecular flexibility index (Phi) is 5.53. The number of thiazole rings is 1. The summed E-state index contributed by atoms with van der Waals surface area (Å²) in [5.41, 5.74) is 6.10. The molecule has 0 amide bonds. The average Bonchev–Trinajstić information content (AvgIpc) is 3.36. The van der Waals surface area contributed by atoms with E-state index < -0.39 is 0 Å². The van der Waals surface area contributed by atoms with Gasteiger partial charge in [-0.1, -0.05) is 30.3 Å². The third-order valence-electron chi connectivity index (χ3n) is 4.94. The number of hydrogen-bond acceptors (Lipinski definition) is 3. The summed E-state index contributed by atoms with van der Waals surface area (Å²) in [5.74, 6) is 0. The summed E-state index contributed by atoms with van der Waals surface area (Å²) in [6.45, 7) is 6.18. The lowest BCUT2D eigenvalue weighted by atomic mass is 10.0. The van der Waals surface area contributed by atoms with E-state index in [1.807, 2.05) is 49.1 Å². The van der Waals surface area contributed by atoms with Crippen LogP contribution in [0, 0.1) is 13.8 Å². The van der Waals surface area contributed by atoms with Crippen LogP contribution in [-0.4, -0.2) is 14.1 Å². The molecule has 4 nitrogen and oxygen atoms in total. The first-order valence-corrected chi connectivity index (χ1v) is 10.4. The first-order valence-electron chi connectivity index (χ1n) is 9.52. The standard InChI is InChI=1S/C23H24N4S/c1-18-9-10-20(15-19(18)2)22-16-28-23(25-21-7-4-3-5-8-21)27(22)13-6-12-26-14-11-24-17-26/h3-5,7-11,14-17H,6,12-13H2,1-2H3. The van der Waals surface area contributed by atoms with Crippen molar-refractivity contribution in [2.24, 2.45) is 4.99 Å². The fourth-order valence-electron chi connectivity index (χ4n) is 3.21. The SMILES string of the molecule is Cc1ccc(-c2csc(=Nc3ccccc3)n2CCCn2ccnc2)cc1C. The van der Waals surface area contributed by atoms with Crippen molar-refractivity contribution in [2.75, 3.05) is 0 Å². The van der Waals surface area contributed by atoms with Gasteiger partial charge in [-0.25, -0.2) is 9.98 Å². The van der Waals surface area contributed by atoms with E-state index >= 15 is 0 Å². The Bertz CT molecular complexity index is 1110. The number of benzene rings is 2. The molecule has 0 aliphatic heterocycles. The zero-order valence-corrected chi connectivity index (χ0v) is 17.1. The van der Waals surface area contributed by atoms with Crippen LogP contribution >= 0.6 is 11.3 Å². The minimum Gasteiger partial charge on any atom is -0.337 e. The summed E-state index contributed by atoms with van der Waals surface area (Å²) >= 11 is 1.70. The topological polar surface area (TPSA) is 35.1 Å². The average molecular weight is 389 g/mol. The van der Waals surface area contributed by atoms with Gasteiger partial charge in [-0.2, -0.15) is 0 Å². The van der Waals surface area contributed by atoms with Crippen LogP contribution in [0.25, 0.3) is 11.3 Å². The third kappa shape index (κ3) is 4.15. The van der Waals surface area contributed by atoms with Gasteiger partial charge >= 0.3 is 0 Å². The van der Waals surface area contributed by atoms with Gasteiger partial charge in [-0.05, 0) is 55.2 Å². The van der Waals surface area contributed by atoms with Crippen LogP contribution in [0.4, 0.5) is 5.69 Å². The normalized spacial score (nSPS) is 11.9. The molecule has 0 saturated heterocycles. The van der Waals surface area contributed by atoms with Crippen molar-refractivity contribution >= 4 is 17.0 Å². The van der Waals surface area contributed by atoms with E-state index in [4.69, 9.17) is 4.99 Å². The summed E-state index contributed by atoms with van der Waals surface area (Å²) < 4.78 is 4.47. The number of aryl methyl sites for hydroxylation is 3. The Labute approximate surface area is 169 Å². The molecular formula is C23H24N4S. The summed E-state index contributed by atoms with van der Waals surface area (Å²) in [6, 6.07) is 16.9. The molecule has 2 aromatic heterocycles. The third-order valence-corrected chi connectivity index (χ3v) is 5.80. The van der Waals surface area contributed by atoms with Crippen LogP contribution in [0.1, 0.15) is 17.5 Å². The van der Waals surface area contributed by atoms with Crippen molar-refractivity contribution in [2.45, 2.75) is 33.4 Å². The number of para-hydroxylation sites is 1. The molecule has 142 valence electrons. The number of rotatable bonds is 6. The second kappa shape index (κ2) is 8.40. The van der Waals surface area contributed by atoms with Crippen LogP contribution in [-0.2, 0) is 13.1 Å². The maximum Gasteiger partial charge on any atom is 0.190 e. The van der Waals surface area contributed by atoms with Crippen molar-refractivity contribution in [1.29, 1.82) is 0 Å². The van der Waals surface area contributed by atoms with Gasteiger partial charge in [-0.15, -0.1) is 11.3 Å². The number of hydrogen-bond donors (Lipinski definition) is 0. The van der Waals surface area contributed by atoms with Gasteiger partial charge in [0.25, 0.3) is 0 Å². The van der Waals surface area contributed by atoms with Crippen molar-refractivity contribution in [1.82, 2.24) is 14.1 Å². The highest BCUT2D eigenvalue weighted by molar-refractivity contribution is 7.07. The smallest absolute Gasteiger partial charge is 0.190 e. The highest BCUT2D eigenvalue weighted by Crippen LogP contribution is 2.24. The highest BCUT2D eigenvalue weighted by atomic mass is 32.1. The zero-order chi connectivity index (χ0) is 19.3. The number of aromatic nitrogens is 3. The van der Waals surface area contributed by atoms with Gasteiger partial charge in [0.1, 0.15) is 0 Å². The Morgan fingerprint density at radius 2 is 1.86 bits per heavy atom. The molecule has 2 aromatic carbocycles. The molecule has 0 spiro atoms. The van der Waals surface area contributed by atoms with Crippen molar-refractivity contribution in [3.05, 3.63) is 88.6 Å². The minimum absolute atomic E-state index is 0.912. The van der Waals surface area contributed by atoms with Crippen LogP contribution < -0.4 is 4.80 Å². The molecule has 0 radical (unpaired) electrons. The zero-order valence-electron chi connectivity index (χ0n) is 16.2. The Morgan fingerprint density at radius 1 is 1.00 bits per heavy atom. The first kappa shape index (κ1) is 18.4. The number of imidazole rings is 1. The molecule has 0 aliphatic carbocycles. The molecule has 4 rings (SSSR count). The van der Waals surface area contributed by atoms with E-state index in [9.17, 15) is 0 Å². The van der Waals surface area contributed by atoms with Gasteiger partial charge < -0.3 is 9.13 Å². The van der Waals surface area contributed by atoms with Crippen LogP contribution in [0.2, 0.25) is 0 Å². The lowest BCUT2D eigenvalue weighted by Gasteiger charge is -2.11. The maximum atomic E-state index is 4.91. The summed E-state index contributed by atoms with van der Waals surface area (Å²) in [5, 5.41) is 2.23. The van der Waals surface area contributed by atoms with Crippen molar-refractivity contribution in [3.8, 4) is 11.3 Å². The molecule has 28 heavy (non-hydrogen) atoms. The molecular weight excluding hydrogens is 364 g/mol. The first-order chi connectivity index (χ1) is 13.7. The lowest BCUT2D eigenvalue weighted by molar-refractivity contribution is 0.559. The second-order valence-electron chi connectivity index (χ2n) is 6.96. The van der Waals surface area contributed by atoms with Crippen LogP contribution in [0.3, 0.4) is 0 Å². The molecule has 0 atom stereocenters. The van der Waals surface area contributed by atoms with Gasteiger partial charge in [0.2, 0.25) is 0 Å². The Balaban J connectivity index is 1.70. The van der Waals surface area contributed by atoms with E-state index in [0.717, 1.165) is 30.0 Å². The van der Waals surface area contributed by atoms with Crippen LogP contribution in [0.15, 0.2) is 77.6 Å². The fraction of sp³-hybridized carbons (Fsp3) is 0.217. The molecule has 0 unspecified atom stereocenters. The Hall–Kier alpha value is -2.92. The predicted octanol–water partition coefficient (Wildman–Crippen LogP) is 5.35. The van der Waals surface area contributed by atoms with E-state index in [2.05, 4.69) is 51.5 Å². The lowest BCUT2D eigenvalue weighted by Crippen LogP contribution is -2.17. The predicted molar refractivity (Wildman–Crippen MR) is 116 cm³/mol. The molecule has 0 fully saturated rings. The highest BCUT2D eigenvalue weighted by Gasteiger charge is 2.09. The van der Waals surface area contributed by atoms with E-state index in [1.54, 1.807) is 11.3 Å². The van der Waals surface area contributed by atoms with E-state index in [0.29, 0.717) is 0 Å². The van der Waals surface area contributed by atoms with Crippen molar-refractivity contribution < 1.29 is 0 Å². The van der Waals surface area contributed by atoms with Gasteiger partial charge in [0.15, 0.2) is 4.80 Å². The van der Waals surface area contributed by atoms with Gasteiger partial charge in [0, 0.05) is 30.9 Å². The number of nitrogens with zero attached hydrogens (tertiary/aromatic N) is 4. The second-order valence-corrected chi connectivity index (χ2v) is 7.79. The van der Waals surface area contributed by atoms with Crippen molar-refractivity contribution in [3.63, 3.8) is 0 Å². The fourth-order valence-corrected chi connectivity index (χ4v) is 4.16. The van der Waals surface area contributed by atoms with E-state index in [1.165, 1.54) is 22.4 Å². The Morgan fingerprint density at radius 3 is 2.61 bits per heavy atom. The molecule has 2 heterocycles. The minimum atomic E-state index is 0.912. The van der Waals surface area contributed by atoms with Crippen LogP contribution in [0.5, 0.6) is 0 Å². The molecule has 0 aliphatic rings. The summed E-state index contributed by atoms with van der Waals surface area (Å²) in [4.78, 5) is 10.1. The monoisotopic (exact) mass is 388 g/mol. The molecule has 4 aromatic rings. The molecule has 0 N–H and O–H groups in total. The maximum absolute atomic E-state index is 4.91. The largest absolute Gasteiger partial charge is 0.337 e.